The molecular formula is C15H17N3O3. The Bertz CT molecular complexity index is 590. The summed E-state index contributed by atoms with van der Waals surface area (Å²) in [4.78, 5) is 21.4. The Morgan fingerprint density at radius 2 is 2.05 bits per heavy atom. The summed E-state index contributed by atoms with van der Waals surface area (Å²) in [7, 11) is 1.29. The largest absolute Gasteiger partial charge is 0.463 e. The predicted octanol–water partition coefficient (Wildman–Crippen LogP) is 1.26. The van der Waals surface area contributed by atoms with Crippen LogP contribution < -0.4 is 4.90 Å². The molecule has 0 aliphatic carbocycles. The van der Waals surface area contributed by atoms with Crippen LogP contribution in [0.25, 0.3) is 0 Å². The van der Waals surface area contributed by atoms with Gasteiger partial charge in [-0.05, 0) is 11.6 Å². The minimum Gasteiger partial charge on any atom is -0.463 e. The number of carbonyl (C=O) groups is 1. The molecule has 0 amide bonds. The maximum atomic E-state index is 11.5. The number of esters is 1. The molecule has 0 saturated heterocycles. The molecule has 21 heavy (non-hydrogen) atoms. The first kappa shape index (κ1) is 14.9. The van der Waals surface area contributed by atoms with Crippen molar-refractivity contribution in [2.45, 2.75) is 6.54 Å². The zero-order valence-corrected chi connectivity index (χ0v) is 11.8. The zero-order valence-electron chi connectivity index (χ0n) is 11.8. The van der Waals surface area contributed by atoms with Gasteiger partial charge in [0.05, 0.1) is 13.7 Å². The van der Waals surface area contributed by atoms with Crippen molar-refractivity contribution in [2.24, 2.45) is 0 Å². The third-order valence-electron chi connectivity index (χ3n) is 2.92. The number of aromatic nitrogens is 2. The minimum atomic E-state index is -0.583. The molecule has 6 nitrogen and oxygen atoms in total. The summed E-state index contributed by atoms with van der Waals surface area (Å²) in [5, 5.41) is 9.22. The Labute approximate surface area is 123 Å². The number of anilines is 1. The van der Waals surface area contributed by atoms with E-state index in [1.807, 2.05) is 35.2 Å². The number of carbonyl (C=O) groups excluding carboxylic acids is 1. The molecule has 2 rings (SSSR count). The molecule has 110 valence electrons. The molecular weight excluding hydrogens is 270 g/mol. The van der Waals surface area contributed by atoms with Crippen molar-refractivity contribution in [2.75, 3.05) is 25.2 Å². The van der Waals surface area contributed by atoms with Crippen molar-refractivity contribution in [1.29, 1.82) is 0 Å². The number of ether oxygens (including phenoxy) is 1. The fourth-order valence-corrected chi connectivity index (χ4v) is 1.91. The first-order valence-corrected chi connectivity index (χ1v) is 6.55. The molecule has 0 aliphatic rings. The van der Waals surface area contributed by atoms with Gasteiger partial charge in [-0.1, -0.05) is 30.3 Å². The first-order chi connectivity index (χ1) is 10.2. The van der Waals surface area contributed by atoms with Crippen LogP contribution in [0.3, 0.4) is 0 Å². The molecule has 6 heteroatoms. The number of benzene rings is 1. The van der Waals surface area contributed by atoms with Gasteiger partial charge in [-0.3, -0.25) is 0 Å². The second-order valence-electron chi connectivity index (χ2n) is 4.36. The number of hydrogen-bond donors (Lipinski definition) is 1. The maximum Gasteiger partial charge on any atom is 0.376 e. The Morgan fingerprint density at radius 3 is 2.71 bits per heavy atom. The summed E-state index contributed by atoms with van der Waals surface area (Å²) in [6, 6.07) is 11.5. The first-order valence-electron chi connectivity index (χ1n) is 6.55. The molecule has 1 heterocycles. The molecule has 1 N–H and O–H groups in total. The Kier molecular flexibility index (Phi) is 5.22. The van der Waals surface area contributed by atoms with Gasteiger partial charge < -0.3 is 14.7 Å². The monoisotopic (exact) mass is 287 g/mol. The van der Waals surface area contributed by atoms with Crippen LogP contribution in [-0.2, 0) is 11.3 Å². The van der Waals surface area contributed by atoms with Crippen LogP contribution in [0.4, 0.5) is 5.82 Å². The lowest BCUT2D eigenvalue weighted by Gasteiger charge is -2.23. The SMILES string of the molecule is COC(=O)c1nccc(N(CCO)Cc2ccccc2)n1. The van der Waals surface area contributed by atoms with Crippen LogP contribution >= 0.6 is 0 Å². The van der Waals surface area contributed by atoms with E-state index in [1.54, 1.807) is 6.07 Å². The molecule has 0 spiro atoms. The second kappa shape index (κ2) is 7.35. The van der Waals surface area contributed by atoms with E-state index in [-0.39, 0.29) is 12.4 Å². The molecule has 0 radical (unpaired) electrons. The van der Waals surface area contributed by atoms with E-state index in [2.05, 4.69) is 14.7 Å². The van der Waals surface area contributed by atoms with E-state index in [4.69, 9.17) is 0 Å². The summed E-state index contributed by atoms with van der Waals surface area (Å²) in [5.74, 6) is -0.00480. The number of aliphatic hydroxyl groups excluding tert-OH is 1. The lowest BCUT2D eigenvalue weighted by atomic mass is 10.2. The van der Waals surface area contributed by atoms with E-state index < -0.39 is 5.97 Å². The van der Waals surface area contributed by atoms with Crippen molar-refractivity contribution in [3.8, 4) is 0 Å². The fourth-order valence-electron chi connectivity index (χ4n) is 1.91. The Balaban J connectivity index is 2.23. The lowest BCUT2D eigenvalue weighted by molar-refractivity contribution is 0.0587. The number of aliphatic hydroxyl groups is 1. The van der Waals surface area contributed by atoms with Crippen molar-refractivity contribution >= 4 is 11.8 Å². The average Bonchev–Trinajstić information content (AvgIpc) is 2.55. The molecule has 0 unspecified atom stereocenters. The van der Waals surface area contributed by atoms with E-state index in [1.165, 1.54) is 13.3 Å². The zero-order chi connectivity index (χ0) is 15.1. The second-order valence-corrected chi connectivity index (χ2v) is 4.36. The lowest BCUT2D eigenvalue weighted by Crippen LogP contribution is -2.27. The van der Waals surface area contributed by atoms with E-state index >= 15 is 0 Å². The Hall–Kier alpha value is -2.47. The third kappa shape index (κ3) is 4.00. The highest BCUT2D eigenvalue weighted by Gasteiger charge is 2.13. The van der Waals surface area contributed by atoms with E-state index in [0.717, 1.165) is 5.56 Å². The molecule has 0 fully saturated rings. The van der Waals surface area contributed by atoms with Gasteiger partial charge in [0.1, 0.15) is 5.82 Å². The van der Waals surface area contributed by atoms with Crippen LogP contribution in [-0.4, -0.2) is 41.3 Å². The molecule has 2 aromatic rings. The van der Waals surface area contributed by atoms with Crippen LogP contribution in [0.15, 0.2) is 42.6 Å². The quantitative estimate of drug-likeness (QED) is 0.806. The van der Waals surface area contributed by atoms with E-state index in [9.17, 15) is 9.90 Å². The smallest absolute Gasteiger partial charge is 0.376 e. The van der Waals surface area contributed by atoms with Gasteiger partial charge in [0.2, 0.25) is 5.82 Å². The van der Waals surface area contributed by atoms with Gasteiger partial charge in [-0.2, -0.15) is 0 Å². The summed E-state index contributed by atoms with van der Waals surface area (Å²) >= 11 is 0. The van der Waals surface area contributed by atoms with Crippen LogP contribution in [0.1, 0.15) is 16.2 Å². The fraction of sp³-hybridized carbons (Fsp3) is 0.267. The van der Waals surface area contributed by atoms with Crippen molar-refractivity contribution in [1.82, 2.24) is 9.97 Å². The summed E-state index contributed by atoms with van der Waals surface area (Å²) < 4.78 is 4.62. The van der Waals surface area contributed by atoms with Crippen LogP contribution in [0.2, 0.25) is 0 Å². The predicted molar refractivity (Wildman–Crippen MR) is 77.9 cm³/mol. The van der Waals surface area contributed by atoms with Crippen LogP contribution in [0, 0.1) is 0 Å². The third-order valence-corrected chi connectivity index (χ3v) is 2.92. The van der Waals surface area contributed by atoms with E-state index in [0.29, 0.717) is 18.9 Å². The minimum absolute atomic E-state index is 0.00556. The van der Waals surface area contributed by atoms with Crippen molar-refractivity contribution < 1.29 is 14.6 Å². The number of methoxy groups -OCH3 is 1. The van der Waals surface area contributed by atoms with Gasteiger partial charge in [0.25, 0.3) is 0 Å². The topological polar surface area (TPSA) is 75.5 Å². The maximum absolute atomic E-state index is 11.5. The standard InChI is InChI=1S/C15H17N3O3/c1-21-15(20)14-16-8-7-13(17-14)18(9-10-19)11-12-5-3-2-4-6-12/h2-8,19H,9-11H2,1H3. The summed E-state index contributed by atoms with van der Waals surface area (Å²) in [6.45, 7) is 0.982. The average molecular weight is 287 g/mol. The molecule has 1 aromatic heterocycles. The number of rotatable bonds is 6. The highest BCUT2D eigenvalue weighted by Crippen LogP contribution is 2.14. The number of hydrogen-bond acceptors (Lipinski definition) is 6. The van der Waals surface area contributed by atoms with Gasteiger partial charge in [0.15, 0.2) is 0 Å². The van der Waals surface area contributed by atoms with Crippen molar-refractivity contribution in [3.05, 3.63) is 54.0 Å². The highest BCUT2D eigenvalue weighted by atomic mass is 16.5. The molecule has 0 atom stereocenters. The van der Waals surface area contributed by atoms with Crippen LogP contribution in [0.5, 0.6) is 0 Å². The highest BCUT2D eigenvalue weighted by molar-refractivity contribution is 5.85. The summed E-state index contributed by atoms with van der Waals surface area (Å²) in [5.41, 5.74) is 1.09. The van der Waals surface area contributed by atoms with Gasteiger partial charge in [-0.25, -0.2) is 14.8 Å². The van der Waals surface area contributed by atoms with Crippen molar-refractivity contribution in [3.63, 3.8) is 0 Å². The van der Waals surface area contributed by atoms with Gasteiger partial charge in [0, 0.05) is 19.3 Å². The Morgan fingerprint density at radius 1 is 1.29 bits per heavy atom. The number of nitrogens with zero attached hydrogens (tertiary/aromatic N) is 3. The molecule has 0 saturated carbocycles. The molecule has 0 bridgehead atoms. The molecule has 0 aliphatic heterocycles. The summed E-state index contributed by atoms with van der Waals surface area (Å²) in [6.07, 6.45) is 1.50. The normalized spacial score (nSPS) is 10.2. The molecule has 1 aromatic carbocycles. The van der Waals surface area contributed by atoms with Gasteiger partial charge in [-0.15, -0.1) is 0 Å². The van der Waals surface area contributed by atoms with Gasteiger partial charge >= 0.3 is 5.97 Å².